The van der Waals surface area contributed by atoms with Gasteiger partial charge in [0.1, 0.15) is 5.82 Å². The monoisotopic (exact) mass is 336 g/mol. The van der Waals surface area contributed by atoms with Gasteiger partial charge in [0.05, 0.1) is 10.9 Å². The van der Waals surface area contributed by atoms with Crippen molar-refractivity contribution in [2.24, 2.45) is 5.14 Å². The van der Waals surface area contributed by atoms with Crippen molar-refractivity contribution in [1.82, 2.24) is 4.90 Å². The van der Waals surface area contributed by atoms with E-state index >= 15 is 0 Å². The summed E-state index contributed by atoms with van der Waals surface area (Å²) < 4.78 is 35.4. The van der Waals surface area contributed by atoms with Crippen LogP contribution in [-0.4, -0.2) is 26.3 Å². The fraction of sp³-hybridized carbons (Fsp3) is 0.188. The van der Waals surface area contributed by atoms with Crippen molar-refractivity contribution < 1.29 is 17.6 Å². The molecule has 0 bridgehead atoms. The molecular weight excluding hydrogens is 319 g/mol. The molecule has 0 fully saturated rings. The van der Waals surface area contributed by atoms with E-state index in [4.69, 9.17) is 5.14 Å². The Kier molecular flexibility index (Phi) is 4.82. The van der Waals surface area contributed by atoms with Gasteiger partial charge in [-0.2, -0.15) is 0 Å². The number of amides is 1. The maximum atomic E-state index is 12.9. The third-order valence-electron chi connectivity index (χ3n) is 3.68. The summed E-state index contributed by atoms with van der Waals surface area (Å²) in [6, 6.07) is 11.0. The number of nitrogens with zero attached hydrogens (tertiary/aromatic N) is 1. The van der Waals surface area contributed by atoms with Gasteiger partial charge in [-0.05, 0) is 48.9 Å². The Morgan fingerprint density at radius 1 is 1.09 bits per heavy atom. The summed E-state index contributed by atoms with van der Waals surface area (Å²) in [6.45, 7) is 1.81. The summed E-state index contributed by atoms with van der Waals surface area (Å²) in [5, 5.41) is 5.06. The van der Waals surface area contributed by atoms with Crippen molar-refractivity contribution in [2.75, 3.05) is 7.05 Å². The number of benzene rings is 2. The van der Waals surface area contributed by atoms with Crippen LogP contribution in [0.15, 0.2) is 53.4 Å². The van der Waals surface area contributed by atoms with E-state index in [1.54, 1.807) is 19.2 Å². The van der Waals surface area contributed by atoms with Gasteiger partial charge >= 0.3 is 0 Å². The Balaban J connectivity index is 2.20. The number of hydrogen-bond acceptors (Lipinski definition) is 3. The minimum Gasteiger partial charge on any atom is -0.335 e. The minimum absolute atomic E-state index is 0.0148. The predicted molar refractivity (Wildman–Crippen MR) is 84.7 cm³/mol. The lowest BCUT2D eigenvalue weighted by Gasteiger charge is -2.25. The van der Waals surface area contributed by atoms with E-state index in [-0.39, 0.29) is 16.8 Å². The summed E-state index contributed by atoms with van der Waals surface area (Å²) in [5.41, 5.74) is 1.14. The maximum absolute atomic E-state index is 12.9. The molecule has 7 heteroatoms. The zero-order chi connectivity index (χ0) is 17.2. The molecule has 0 radical (unpaired) electrons. The molecule has 0 aliphatic rings. The molecule has 2 N–H and O–H groups in total. The van der Waals surface area contributed by atoms with Crippen molar-refractivity contribution in [1.29, 1.82) is 0 Å². The van der Waals surface area contributed by atoms with Crippen LogP contribution in [0, 0.1) is 5.82 Å². The molecule has 1 unspecified atom stereocenters. The van der Waals surface area contributed by atoms with E-state index in [0.29, 0.717) is 5.56 Å². The second-order valence-corrected chi connectivity index (χ2v) is 6.77. The Labute approximate surface area is 134 Å². The molecule has 0 saturated carbocycles. The fourth-order valence-corrected chi connectivity index (χ4v) is 2.65. The van der Waals surface area contributed by atoms with Crippen LogP contribution in [0.2, 0.25) is 0 Å². The van der Waals surface area contributed by atoms with Gasteiger partial charge in [0.15, 0.2) is 0 Å². The van der Waals surface area contributed by atoms with Crippen LogP contribution < -0.4 is 5.14 Å². The lowest BCUT2D eigenvalue weighted by Crippen LogP contribution is -2.29. The number of carbonyl (C=O) groups is 1. The molecular formula is C16H17FN2O3S. The van der Waals surface area contributed by atoms with Crippen LogP contribution in [0.1, 0.15) is 28.9 Å². The Hall–Kier alpha value is -2.25. The van der Waals surface area contributed by atoms with E-state index in [2.05, 4.69) is 0 Å². The standard InChI is InChI=1S/C16H17FN2O3S/c1-11(12-5-9-15(10-6-12)23(18,21)22)19(2)16(20)13-3-7-14(17)8-4-13/h3-11H,1-2H3,(H2,18,21,22). The van der Waals surface area contributed by atoms with Crippen LogP contribution in [0.25, 0.3) is 0 Å². The number of primary sulfonamides is 1. The average Bonchev–Trinajstić information content (AvgIpc) is 2.53. The average molecular weight is 336 g/mol. The third kappa shape index (κ3) is 3.94. The van der Waals surface area contributed by atoms with Crippen LogP contribution in [0.5, 0.6) is 0 Å². The van der Waals surface area contributed by atoms with Gasteiger partial charge in [-0.25, -0.2) is 17.9 Å². The first-order valence-corrected chi connectivity index (χ1v) is 8.40. The number of hydrogen-bond donors (Lipinski definition) is 1. The quantitative estimate of drug-likeness (QED) is 0.930. The molecule has 0 spiro atoms. The van der Waals surface area contributed by atoms with Crippen LogP contribution in [0.3, 0.4) is 0 Å². The predicted octanol–water partition coefficient (Wildman–Crippen LogP) is 2.31. The van der Waals surface area contributed by atoms with Crippen LogP contribution >= 0.6 is 0 Å². The molecule has 1 atom stereocenters. The number of halogens is 1. The SMILES string of the molecule is CC(c1ccc(S(N)(=O)=O)cc1)N(C)C(=O)c1ccc(F)cc1. The summed E-state index contributed by atoms with van der Waals surface area (Å²) in [6.07, 6.45) is 0. The van der Waals surface area contributed by atoms with Gasteiger partial charge in [0, 0.05) is 12.6 Å². The van der Waals surface area contributed by atoms with Gasteiger partial charge in [-0.1, -0.05) is 12.1 Å². The number of carbonyl (C=O) groups excluding carboxylic acids is 1. The zero-order valence-electron chi connectivity index (χ0n) is 12.7. The normalized spacial score (nSPS) is 12.7. The molecule has 0 saturated heterocycles. The van der Waals surface area contributed by atoms with Crippen molar-refractivity contribution >= 4 is 15.9 Å². The van der Waals surface area contributed by atoms with E-state index in [1.165, 1.54) is 41.3 Å². The third-order valence-corrected chi connectivity index (χ3v) is 4.61. The molecule has 0 aromatic heterocycles. The largest absolute Gasteiger partial charge is 0.335 e. The summed E-state index contributed by atoms with van der Waals surface area (Å²) in [7, 11) is -2.12. The topological polar surface area (TPSA) is 80.5 Å². The first-order chi connectivity index (χ1) is 10.7. The Morgan fingerprint density at radius 3 is 2.09 bits per heavy atom. The van der Waals surface area contributed by atoms with Crippen LogP contribution in [0.4, 0.5) is 4.39 Å². The maximum Gasteiger partial charge on any atom is 0.254 e. The number of nitrogens with two attached hydrogens (primary N) is 1. The molecule has 1 amide bonds. The molecule has 0 heterocycles. The highest BCUT2D eigenvalue weighted by atomic mass is 32.2. The number of sulfonamides is 1. The second-order valence-electron chi connectivity index (χ2n) is 5.21. The van der Waals surface area contributed by atoms with E-state index < -0.39 is 15.8 Å². The zero-order valence-corrected chi connectivity index (χ0v) is 13.5. The van der Waals surface area contributed by atoms with E-state index in [1.807, 2.05) is 6.92 Å². The first kappa shape index (κ1) is 17.1. The van der Waals surface area contributed by atoms with Gasteiger partial charge in [-0.15, -0.1) is 0 Å². The minimum atomic E-state index is -3.74. The molecule has 23 heavy (non-hydrogen) atoms. The molecule has 122 valence electrons. The molecule has 2 aromatic rings. The summed E-state index contributed by atoms with van der Waals surface area (Å²) in [5.74, 6) is -0.663. The Bertz CT molecular complexity index is 802. The smallest absolute Gasteiger partial charge is 0.254 e. The van der Waals surface area contributed by atoms with Gasteiger partial charge in [0.2, 0.25) is 10.0 Å². The van der Waals surface area contributed by atoms with Crippen molar-refractivity contribution in [3.8, 4) is 0 Å². The van der Waals surface area contributed by atoms with Crippen molar-refractivity contribution in [2.45, 2.75) is 17.9 Å². The lowest BCUT2D eigenvalue weighted by atomic mass is 10.1. The molecule has 2 rings (SSSR count). The van der Waals surface area contributed by atoms with Gasteiger partial charge < -0.3 is 4.90 Å². The van der Waals surface area contributed by atoms with Crippen LogP contribution in [-0.2, 0) is 10.0 Å². The summed E-state index contributed by atoms with van der Waals surface area (Å²) >= 11 is 0. The van der Waals surface area contributed by atoms with E-state index in [0.717, 1.165) is 5.56 Å². The van der Waals surface area contributed by atoms with Gasteiger partial charge in [-0.3, -0.25) is 4.79 Å². The molecule has 2 aromatic carbocycles. The Morgan fingerprint density at radius 2 is 1.61 bits per heavy atom. The highest BCUT2D eigenvalue weighted by Gasteiger charge is 2.19. The van der Waals surface area contributed by atoms with Crippen molar-refractivity contribution in [3.63, 3.8) is 0 Å². The molecule has 5 nitrogen and oxygen atoms in total. The molecule has 0 aliphatic carbocycles. The highest BCUT2D eigenvalue weighted by Crippen LogP contribution is 2.22. The highest BCUT2D eigenvalue weighted by molar-refractivity contribution is 7.89. The second kappa shape index (κ2) is 6.47. The first-order valence-electron chi connectivity index (χ1n) is 6.85. The molecule has 0 aliphatic heterocycles. The van der Waals surface area contributed by atoms with Gasteiger partial charge in [0.25, 0.3) is 5.91 Å². The number of rotatable bonds is 4. The van der Waals surface area contributed by atoms with Crippen molar-refractivity contribution in [3.05, 3.63) is 65.5 Å². The lowest BCUT2D eigenvalue weighted by molar-refractivity contribution is 0.0742. The van der Waals surface area contributed by atoms with E-state index in [9.17, 15) is 17.6 Å². The summed E-state index contributed by atoms with van der Waals surface area (Å²) in [4.78, 5) is 13.9. The fourth-order valence-electron chi connectivity index (χ4n) is 2.13.